The van der Waals surface area contributed by atoms with Gasteiger partial charge in [0.2, 0.25) is 11.8 Å². The Bertz CT molecular complexity index is 722. The number of rotatable bonds is 6. The van der Waals surface area contributed by atoms with Crippen LogP contribution in [0.1, 0.15) is 25.3 Å². The minimum absolute atomic E-state index is 0.136. The summed E-state index contributed by atoms with van der Waals surface area (Å²) in [7, 11) is 1.60. The lowest BCUT2D eigenvalue weighted by molar-refractivity contribution is -0.145. The van der Waals surface area contributed by atoms with Crippen molar-refractivity contribution in [3.63, 3.8) is 0 Å². The summed E-state index contributed by atoms with van der Waals surface area (Å²) in [5.41, 5.74) is -0.00100. The number of piperazine rings is 1. The second-order valence-corrected chi connectivity index (χ2v) is 7.09. The number of nitrogens with zero attached hydrogens (tertiary/aromatic N) is 2. The topological polar surface area (TPSA) is 88.2 Å². The monoisotopic (exact) mass is 389 g/mol. The second kappa shape index (κ2) is 8.50. The fraction of sp³-hybridized carbons (Fsp3) is 0.550. The first-order chi connectivity index (χ1) is 13.5. The molecule has 0 spiro atoms. The van der Waals surface area contributed by atoms with E-state index in [2.05, 4.69) is 5.32 Å². The van der Waals surface area contributed by atoms with Gasteiger partial charge in [0.1, 0.15) is 11.2 Å². The first-order valence-corrected chi connectivity index (χ1v) is 9.62. The number of benzene rings is 1. The van der Waals surface area contributed by atoms with Gasteiger partial charge in [-0.3, -0.25) is 9.59 Å². The van der Waals surface area contributed by atoms with E-state index in [0.29, 0.717) is 52.2 Å². The molecule has 2 aliphatic rings. The molecule has 1 aromatic rings. The van der Waals surface area contributed by atoms with Gasteiger partial charge < -0.3 is 24.6 Å². The predicted octanol–water partition coefficient (Wildman–Crippen LogP) is 1.39. The van der Waals surface area contributed by atoms with Gasteiger partial charge in [-0.15, -0.1) is 0 Å². The van der Waals surface area contributed by atoms with Crippen molar-refractivity contribution in [3.05, 3.63) is 29.8 Å². The number of methoxy groups -OCH3 is 1. The Morgan fingerprint density at radius 3 is 2.18 bits per heavy atom. The number of amides is 3. The highest BCUT2D eigenvalue weighted by molar-refractivity contribution is 6.07. The molecule has 0 atom stereocenters. The summed E-state index contributed by atoms with van der Waals surface area (Å²) in [5.74, 6) is 0.398. The molecule has 8 nitrogen and oxygen atoms in total. The highest BCUT2D eigenvalue weighted by Gasteiger charge is 2.58. The first kappa shape index (κ1) is 20.0. The van der Waals surface area contributed by atoms with Crippen LogP contribution in [0.5, 0.6) is 5.75 Å². The zero-order chi connectivity index (χ0) is 20.1. The maximum Gasteiger partial charge on any atom is 0.409 e. The van der Waals surface area contributed by atoms with Crippen molar-refractivity contribution in [1.82, 2.24) is 15.1 Å². The van der Waals surface area contributed by atoms with Crippen LogP contribution >= 0.6 is 0 Å². The van der Waals surface area contributed by atoms with Crippen LogP contribution in [-0.2, 0) is 20.9 Å². The van der Waals surface area contributed by atoms with Crippen LogP contribution < -0.4 is 10.1 Å². The number of carbonyl (C=O) groups is 3. The third-order valence-corrected chi connectivity index (χ3v) is 5.30. The lowest BCUT2D eigenvalue weighted by Gasteiger charge is -2.35. The van der Waals surface area contributed by atoms with Crippen molar-refractivity contribution in [2.45, 2.75) is 26.3 Å². The molecule has 28 heavy (non-hydrogen) atoms. The van der Waals surface area contributed by atoms with Gasteiger partial charge in [-0.25, -0.2) is 4.79 Å². The van der Waals surface area contributed by atoms with E-state index in [4.69, 9.17) is 9.47 Å². The Hall–Kier alpha value is -2.77. The molecule has 3 rings (SSSR count). The van der Waals surface area contributed by atoms with Gasteiger partial charge in [0.05, 0.1) is 13.7 Å². The van der Waals surface area contributed by atoms with Crippen LogP contribution in [0.3, 0.4) is 0 Å². The Balaban J connectivity index is 1.52. The van der Waals surface area contributed by atoms with E-state index in [-0.39, 0.29) is 17.9 Å². The van der Waals surface area contributed by atoms with Crippen LogP contribution in [-0.4, -0.2) is 67.6 Å². The quantitative estimate of drug-likeness (QED) is 0.743. The molecule has 0 unspecified atom stereocenters. The van der Waals surface area contributed by atoms with Crippen molar-refractivity contribution in [1.29, 1.82) is 0 Å². The Morgan fingerprint density at radius 1 is 1.04 bits per heavy atom. The predicted molar refractivity (Wildman–Crippen MR) is 102 cm³/mol. The van der Waals surface area contributed by atoms with Gasteiger partial charge in [0.25, 0.3) is 0 Å². The maximum absolute atomic E-state index is 12.9. The fourth-order valence-electron chi connectivity index (χ4n) is 3.37. The molecule has 1 N–H and O–H groups in total. The average Bonchev–Trinajstić information content (AvgIpc) is 3.54. The molecular weight excluding hydrogens is 362 g/mol. The molecular formula is C20H27N3O5. The number of ether oxygens (including phenoxy) is 2. The summed E-state index contributed by atoms with van der Waals surface area (Å²) in [6, 6.07) is 7.44. The maximum atomic E-state index is 12.9. The number of nitrogens with one attached hydrogen (secondary N) is 1. The SMILES string of the molecule is CCOC(=O)N1CCN(C(=O)C2(C(=O)NCc3ccc(OC)cc3)CC2)CC1. The molecule has 1 aliphatic carbocycles. The van der Waals surface area contributed by atoms with Crippen molar-refractivity contribution in [2.24, 2.45) is 5.41 Å². The normalized spacial score (nSPS) is 17.6. The number of hydrogen-bond donors (Lipinski definition) is 1. The summed E-state index contributed by atoms with van der Waals surface area (Å²) < 4.78 is 10.1. The highest BCUT2D eigenvalue weighted by Crippen LogP contribution is 2.47. The van der Waals surface area contributed by atoms with E-state index in [0.717, 1.165) is 11.3 Å². The largest absolute Gasteiger partial charge is 0.497 e. The molecule has 1 heterocycles. The lowest BCUT2D eigenvalue weighted by atomic mass is 10.0. The molecule has 8 heteroatoms. The molecule has 0 aromatic heterocycles. The van der Waals surface area contributed by atoms with E-state index >= 15 is 0 Å². The summed E-state index contributed by atoms with van der Waals surface area (Å²) in [5, 5.41) is 2.89. The number of hydrogen-bond acceptors (Lipinski definition) is 5. The Morgan fingerprint density at radius 2 is 1.64 bits per heavy atom. The Kier molecular flexibility index (Phi) is 6.06. The van der Waals surface area contributed by atoms with E-state index in [1.165, 1.54) is 0 Å². The molecule has 3 amide bonds. The summed E-state index contributed by atoms with van der Waals surface area (Å²) in [6.45, 7) is 4.15. The van der Waals surface area contributed by atoms with Crippen LogP contribution in [0.4, 0.5) is 4.79 Å². The van der Waals surface area contributed by atoms with Gasteiger partial charge >= 0.3 is 6.09 Å². The van der Waals surface area contributed by atoms with Crippen LogP contribution in [0.15, 0.2) is 24.3 Å². The van der Waals surface area contributed by atoms with E-state index in [1.807, 2.05) is 24.3 Å². The summed E-state index contributed by atoms with van der Waals surface area (Å²) >= 11 is 0. The third kappa shape index (κ3) is 4.21. The van der Waals surface area contributed by atoms with Crippen LogP contribution in [0.2, 0.25) is 0 Å². The van der Waals surface area contributed by atoms with Crippen molar-refractivity contribution < 1.29 is 23.9 Å². The third-order valence-electron chi connectivity index (χ3n) is 5.30. The molecule has 1 aliphatic heterocycles. The van der Waals surface area contributed by atoms with Gasteiger partial charge in [0.15, 0.2) is 0 Å². The van der Waals surface area contributed by atoms with Gasteiger partial charge in [-0.05, 0) is 37.5 Å². The fourth-order valence-corrected chi connectivity index (χ4v) is 3.37. The average molecular weight is 389 g/mol. The van der Waals surface area contributed by atoms with E-state index in [9.17, 15) is 14.4 Å². The first-order valence-electron chi connectivity index (χ1n) is 9.62. The standard InChI is InChI=1S/C20H27N3O5/c1-3-28-19(26)23-12-10-22(11-13-23)18(25)20(8-9-20)17(24)21-14-15-4-6-16(27-2)7-5-15/h4-7H,3,8-14H2,1-2H3,(H,21,24). The van der Waals surface area contributed by atoms with Crippen molar-refractivity contribution >= 4 is 17.9 Å². The van der Waals surface area contributed by atoms with Gasteiger partial charge in [0, 0.05) is 32.7 Å². The molecule has 0 bridgehead atoms. The zero-order valence-electron chi connectivity index (χ0n) is 16.4. The second-order valence-electron chi connectivity index (χ2n) is 7.09. The van der Waals surface area contributed by atoms with Crippen LogP contribution in [0, 0.1) is 5.41 Å². The number of carbonyl (C=O) groups excluding carboxylic acids is 3. The lowest BCUT2D eigenvalue weighted by Crippen LogP contribution is -2.54. The minimum atomic E-state index is -0.946. The van der Waals surface area contributed by atoms with Gasteiger partial charge in [-0.1, -0.05) is 12.1 Å². The molecule has 0 radical (unpaired) electrons. The zero-order valence-corrected chi connectivity index (χ0v) is 16.4. The Labute approximate surface area is 164 Å². The van der Waals surface area contributed by atoms with Crippen molar-refractivity contribution in [2.75, 3.05) is 39.9 Å². The molecule has 1 saturated carbocycles. The minimum Gasteiger partial charge on any atom is -0.497 e. The summed E-state index contributed by atoms with van der Waals surface area (Å²) in [6.07, 6.45) is 0.782. The smallest absolute Gasteiger partial charge is 0.409 e. The van der Waals surface area contributed by atoms with Crippen molar-refractivity contribution in [3.8, 4) is 5.75 Å². The van der Waals surface area contributed by atoms with E-state index in [1.54, 1.807) is 23.8 Å². The highest BCUT2D eigenvalue weighted by atomic mass is 16.6. The molecule has 1 saturated heterocycles. The van der Waals surface area contributed by atoms with E-state index < -0.39 is 5.41 Å². The molecule has 152 valence electrons. The molecule has 2 fully saturated rings. The molecule has 1 aromatic carbocycles. The summed E-state index contributed by atoms with van der Waals surface area (Å²) in [4.78, 5) is 40.7. The van der Waals surface area contributed by atoms with Crippen LogP contribution in [0.25, 0.3) is 0 Å². The van der Waals surface area contributed by atoms with Gasteiger partial charge in [-0.2, -0.15) is 0 Å².